The molecule has 0 saturated carbocycles. The topological polar surface area (TPSA) is 81.9 Å². The van der Waals surface area contributed by atoms with Crippen LogP contribution < -0.4 is 9.64 Å². The molecule has 0 atom stereocenters. The van der Waals surface area contributed by atoms with Crippen LogP contribution in [0.3, 0.4) is 0 Å². The van der Waals surface area contributed by atoms with E-state index in [0.717, 1.165) is 11.1 Å². The average molecular weight is 529 g/mol. The molecule has 4 rings (SSSR count). The van der Waals surface area contributed by atoms with Crippen LogP contribution in [0.2, 0.25) is 0 Å². The third kappa shape index (κ3) is 7.19. The molecule has 7 nitrogen and oxygen atoms in total. The Balaban J connectivity index is 1.50. The van der Waals surface area contributed by atoms with Crippen molar-refractivity contribution < 1.29 is 23.6 Å². The number of nitrogens with zero attached hydrogens (tertiary/aromatic N) is 2. The van der Waals surface area contributed by atoms with E-state index in [2.05, 4.69) is 4.74 Å². The Morgan fingerprint density at radius 1 is 0.872 bits per heavy atom. The SMILES string of the molecule is COC(=O)CCc1ccc(Oc2ccc(CN(Cc3ccccc3F)c3cccc([N+](=O)[O-])c3C)cc2)cc1. The number of benzene rings is 4. The number of carbonyl (C=O) groups excluding carboxylic acids is 1. The Morgan fingerprint density at radius 2 is 1.51 bits per heavy atom. The molecule has 0 N–H and O–H groups in total. The van der Waals surface area contributed by atoms with Crippen molar-refractivity contribution in [1.82, 2.24) is 0 Å². The van der Waals surface area contributed by atoms with E-state index in [0.29, 0.717) is 47.7 Å². The van der Waals surface area contributed by atoms with E-state index in [1.807, 2.05) is 59.5 Å². The molecule has 0 aliphatic rings. The molecule has 0 bridgehead atoms. The van der Waals surface area contributed by atoms with Gasteiger partial charge in [0.05, 0.1) is 17.6 Å². The van der Waals surface area contributed by atoms with Gasteiger partial charge in [-0.1, -0.05) is 48.5 Å². The Morgan fingerprint density at radius 3 is 2.13 bits per heavy atom. The maximum atomic E-state index is 14.5. The van der Waals surface area contributed by atoms with E-state index in [1.54, 1.807) is 31.2 Å². The zero-order valence-electron chi connectivity index (χ0n) is 21.8. The second-order valence-corrected chi connectivity index (χ2v) is 9.09. The summed E-state index contributed by atoms with van der Waals surface area (Å²) in [5.41, 5.74) is 3.65. The zero-order chi connectivity index (χ0) is 27.8. The summed E-state index contributed by atoms with van der Waals surface area (Å²) in [6.45, 7) is 2.36. The van der Waals surface area contributed by atoms with Crippen molar-refractivity contribution in [3.05, 3.63) is 129 Å². The normalized spacial score (nSPS) is 10.6. The fourth-order valence-electron chi connectivity index (χ4n) is 4.30. The lowest BCUT2D eigenvalue weighted by atomic mass is 10.1. The molecule has 8 heteroatoms. The number of hydrogen-bond acceptors (Lipinski definition) is 6. The van der Waals surface area contributed by atoms with Gasteiger partial charge in [-0.2, -0.15) is 0 Å². The molecule has 39 heavy (non-hydrogen) atoms. The molecule has 0 aliphatic heterocycles. The largest absolute Gasteiger partial charge is 0.469 e. The van der Waals surface area contributed by atoms with Gasteiger partial charge in [-0.15, -0.1) is 0 Å². The highest BCUT2D eigenvalue weighted by Crippen LogP contribution is 2.31. The Labute approximate surface area is 226 Å². The van der Waals surface area contributed by atoms with Gasteiger partial charge in [-0.3, -0.25) is 14.9 Å². The van der Waals surface area contributed by atoms with Gasteiger partial charge >= 0.3 is 5.97 Å². The summed E-state index contributed by atoms with van der Waals surface area (Å²) in [4.78, 5) is 24.4. The highest BCUT2D eigenvalue weighted by Gasteiger charge is 2.19. The molecule has 0 aromatic heterocycles. The fraction of sp³-hybridized carbons (Fsp3) is 0.194. The first-order valence-corrected chi connectivity index (χ1v) is 12.5. The van der Waals surface area contributed by atoms with Crippen molar-refractivity contribution in [2.75, 3.05) is 12.0 Å². The number of esters is 1. The van der Waals surface area contributed by atoms with E-state index in [9.17, 15) is 19.3 Å². The molecule has 0 saturated heterocycles. The summed E-state index contributed by atoms with van der Waals surface area (Å²) in [7, 11) is 1.37. The highest BCUT2D eigenvalue weighted by molar-refractivity contribution is 5.69. The molecule has 0 heterocycles. The highest BCUT2D eigenvalue weighted by atomic mass is 19.1. The first kappa shape index (κ1) is 27.3. The maximum Gasteiger partial charge on any atom is 0.305 e. The predicted octanol–water partition coefficient (Wildman–Crippen LogP) is 7.15. The molecule has 0 amide bonds. The molecule has 200 valence electrons. The van der Waals surface area contributed by atoms with Crippen LogP contribution in [-0.4, -0.2) is 18.0 Å². The van der Waals surface area contributed by atoms with Crippen LogP contribution in [0.15, 0.2) is 91.0 Å². The van der Waals surface area contributed by atoms with Crippen molar-refractivity contribution in [3.8, 4) is 11.5 Å². The van der Waals surface area contributed by atoms with Gasteiger partial charge in [0, 0.05) is 36.8 Å². The summed E-state index contributed by atoms with van der Waals surface area (Å²) in [6.07, 6.45) is 0.914. The molecular weight excluding hydrogens is 499 g/mol. The number of nitro benzene ring substituents is 1. The molecule has 0 spiro atoms. The van der Waals surface area contributed by atoms with Gasteiger partial charge in [0.15, 0.2) is 0 Å². The van der Waals surface area contributed by atoms with Gasteiger partial charge in [-0.05, 0) is 60.9 Å². The number of methoxy groups -OCH3 is 1. The van der Waals surface area contributed by atoms with Gasteiger partial charge < -0.3 is 14.4 Å². The predicted molar refractivity (Wildman–Crippen MR) is 147 cm³/mol. The van der Waals surface area contributed by atoms with E-state index in [1.165, 1.54) is 19.2 Å². The van der Waals surface area contributed by atoms with Gasteiger partial charge in [0.1, 0.15) is 17.3 Å². The van der Waals surface area contributed by atoms with Crippen LogP contribution in [0, 0.1) is 22.9 Å². The number of hydrogen-bond donors (Lipinski definition) is 0. The number of carbonyl (C=O) groups is 1. The van der Waals surface area contributed by atoms with Gasteiger partial charge in [-0.25, -0.2) is 4.39 Å². The van der Waals surface area contributed by atoms with E-state index >= 15 is 0 Å². The Kier molecular flexibility index (Phi) is 8.89. The smallest absolute Gasteiger partial charge is 0.305 e. The van der Waals surface area contributed by atoms with Crippen LogP contribution in [0.1, 0.15) is 28.7 Å². The van der Waals surface area contributed by atoms with Crippen LogP contribution >= 0.6 is 0 Å². The van der Waals surface area contributed by atoms with Crippen LogP contribution in [-0.2, 0) is 29.0 Å². The third-order valence-electron chi connectivity index (χ3n) is 6.43. The van der Waals surface area contributed by atoms with E-state index in [-0.39, 0.29) is 24.0 Å². The van der Waals surface area contributed by atoms with Crippen LogP contribution in [0.25, 0.3) is 0 Å². The number of anilines is 1. The summed E-state index contributed by atoms with van der Waals surface area (Å²) < 4.78 is 25.2. The molecule has 0 unspecified atom stereocenters. The summed E-state index contributed by atoms with van der Waals surface area (Å²) in [5, 5.41) is 11.5. The summed E-state index contributed by atoms with van der Waals surface area (Å²) in [6, 6.07) is 26.5. The van der Waals surface area contributed by atoms with E-state index < -0.39 is 4.92 Å². The van der Waals surface area contributed by atoms with Gasteiger partial charge in [0.2, 0.25) is 0 Å². The van der Waals surface area contributed by atoms with Crippen LogP contribution in [0.4, 0.5) is 15.8 Å². The standard InChI is InChI=1S/C31H29FN2O5/c1-22-29(8-5-9-30(22)34(36)37)33(21-25-6-3-4-7-28(25)32)20-24-12-17-27(18-13-24)39-26-15-10-23(11-16-26)14-19-31(35)38-2/h3-13,15-18H,14,19-21H2,1-2H3. The second-order valence-electron chi connectivity index (χ2n) is 9.09. The van der Waals surface area contributed by atoms with Crippen molar-refractivity contribution >= 4 is 17.3 Å². The maximum absolute atomic E-state index is 14.5. The van der Waals surface area contributed by atoms with Crippen molar-refractivity contribution in [2.45, 2.75) is 32.9 Å². The molecule has 4 aromatic rings. The minimum absolute atomic E-state index is 0.0195. The van der Waals surface area contributed by atoms with Crippen LogP contribution in [0.5, 0.6) is 11.5 Å². The number of ether oxygens (including phenoxy) is 2. The molecular formula is C31H29FN2O5. The monoisotopic (exact) mass is 528 g/mol. The lowest BCUT2D eigenvalue weighted by molar-refractivity contribution is -0.385. The van der Waals surface area contributed by atoms with Crippen molar-refractivity contribution in [2.24, 2.45) is 0 Å². The minimum Gasteiger partial charge on any atom is -0.469 e. The van der Waals surface area contributed by atoms with Crippen molar-refractivity contribution in [3.63, 3.8) is 0 Å². The second kappa shape index (κ2) is 12.7. The molecule has 0 radical (unpaired) electrons. The number of rotatable bonds is 11. The average Bonchev–Trinajstić information content (AvgIpc) is 2.94. The van der Waals surface area contributed by atoms with Crippen molar-refractivity contribution in [1.29, 1.82) is 0 Å². The minimum atomic E-state index is -0.405. The first-order valence-electron chi connectivity index (χ1n) is 12.5. The number of halogens is 1. The number of nitro groups is 1. The third-order valence-corrected chi connectivity index (χ3v) is 6.43. The fourth-order valence-corrected chi connectivity index (χ4v) is 4.30. The van der Waals surface area contributed by atoms with Gasteiger partial charge in [0.25, 0.3) is 5.69 Å². The molecule has 0 aliphatic carbocycles. The lowest BCUT2D eigenvalue weighted by Crippen LogP contribution is -2.23. The Bertz CT molecular complexity index is 1440. The zero-order valence-corrected chi connectivity index (χ0v) is 21.8. The Hall–Kier alpha value is -4.72. The summed E-state index contributed by atoms with van der Waals surface area (Å²) in [5.74, 6) is 0.736. The lowest BCUT2D eigenvalue weighted by Gasteiger charge is -2.27. The quantitative estimate of drug-likeness (QED) is 0.117. The number of aryl methyl sites for hydroxylation is 1. The first-order chi connectivity index (χ1) is 18.8. The molecule has 0 fully saturated rings. The molecule has 4 aromatic carbocycles. The summed E-state index contributed by atoms with van der Waals surface area (Å²) >= 11 is 0. The van der Waals surface area contributed by atoms with E-state index in [4.69, 9.17) is 4.74 Å².